The first kappa shape index (κ1) is 23.7. The lowest BCUT2D eigenvalue weighted by atomic mass is 9.30. The van der Waals surface area contributed by atoms with Gasteiger partial charge in [-0.25, -0.2) is 0 Å². The van der Waals surface area contributed by atoms with Gasteiger partial charge in [-0.05, 0) is 120 Å². The predicted octanol–water partition coefficient (Wildman–Crippen LogP) is 7.22. The first-order valence-electron chi connectivity index (χ1n) is 14.0. The summed E-state index contributed by atoms with van der Waals surface area (Å²) in [5.74, 6) is 2.86. The quantitative estimate of drug-likeness (QED) is 0.414. The van der Waals surface area contributed by atoms with Crippen LogP contribution in [0.2, 0.25) is 0 Å². The normalized spacial score (nSPS) is 58.7. The molecule has 5 rings (SSSR count). The van der Waals surface area contributed by atoms with Crippen LogP contribution in [0.3, 0.4) is 0 Å². The zero-order valence-electron chi connectivity index (χ0n) is 22.4. The maximum Gasteiger partial charge on any atom is 0.0594 e. The Hall–Kier alpha value is -0.0800. The highest BCUT2D eigenvalue weighted by Crippen LogP contribution is 2.78. The Kier molecular flexibility index (Phi) is 5.01. The molecule has 5 saturated carbocycles. The van der Waals surface area contributed by atoms with E-state index in [9.17, 15) is 10.2 Å². The van der Waals surface area contributed by atoms with E-state index in [1.165, 1.54) is 51.4 Å². The third kappa shape index (κ3) is 2.61. The van der Waals surface area contributed by atoms with E-state index in [4.69, 9.17) is 0 Å². The molecule has 0 aliphatic heterocycles. The van der Waals surface area contributed by atoms with Crippen LogP contribution in [0.1, 0.15) is 120 Å². The van der Waals surface area contributed by atoms with Crippen LogP contribution in [0.5, 0.6) is 0 Å². The number of aliphatic hydroxyl groups is 2. The van der Waals surface area contributed by atoms with Crippen molar-refractivity contribution in [2.24, 2.45) is 56.2 Å². The van der Waals surface area contributed by atoms with Gasteiger partial charge in [0.15, 0.2) is 0 Å². The lowest BCUT2D eigenvalue weighted by Crippen LogP contribution is -2.68. The molecule has 0 unspecified atom stereocenters. The second kappa shape index (κ2) is 6.77. The summed E-state index contributed by atoms with van der Waals surface area (Å²) in [6, 6.07) is 0. The van der Waals surface area contributed by atoms with E-state index in [0.717, 1.165) is 24.7 Å². The Morgan fingerprint density at radius 2 is 0.781 bits per heavy atom. The van der Waals surface area contributed by atoms with E-state index >= 15 is 0 Å². The van der Waals surface area contributed by atoms with Gasteiger partial charge in [0.1, 0.15) is 0 Å². The van der Waals surface area contributed by atoms with Crippen molar-refractivity contribution in [2.45, 2.75) is 132 Å². The fraction of sp³-hybridized carbons (Fsp3) is 1.00. The maximum absolute atomic E-state index is 10.9. The Morgan fingerprint density at radius 1 is 0.438 bits per heavy atom. The second-order valence-corrected chi connectivity index (χ2v) is 15.5. The van der Waals surface area contributed by atoms with Crippen LogP contribution in [-0.4, -0.2) is 22.4 Å². The molecule has 0 aromatic rings. The van der Waals surface area contributed by atoms with Crippen molar-refractivity contribution in [3.8, 4) is 0 Å². The molecule has 0 spiro atoms. The molecule has 0 radical (unpaired) electrons. The summed E-state index contributed by atoms with van der Waals surface area (Å²) in [6.07, 6.45) is 12.1. The number of fused-ring (bicyclic) bond motifs is 7. The van der Waals surface area contributed by atoms with Crippen molar-refractivity contribution >= 4 is 0 Å². The molecule has 0 heterocycles. The summed E-state index contributed by atoms with van der Waals surface area (Å²) in [7, 11) is 0. The van der Waals surface area contributed by atoms with Crippen LogP contribution in [-0.2, 0) is 0 Å². The van der Waals surface area contributed by atoms with Gasteiger partial charge < -0.3 is 10.2 Å². The summed E-state index contributed by atoms with van der Waals surface area (Å²) in [5.41, 5.74) is 1.60. The summed E-state index contributed by atoms with van der Waals surface area (Å²) in [6.45, 7) is 20.1. The molecule has 0 amide bonds. The van der Waals surface area contributed by atoms with Gasteiger partial charge in [0, 0.05) is 0 Å². The molecule has 0 bridgehead atoms. The Labute approximate surface area is 198 Å². The van der Waals surface area contributed by atoms with Gasteiger partial charge in [0.25, 0.3) is 0 Å². The van der Waals surface area contributed by atoms with E-state index in [-0.39, 0.29) is 23.0 Å². The fourth-order valence-corrected chi connectivity index (χ4v) is 12.1. The monoisotopic (exact) mass is 444 g/mol. The lowest BCUT2D eigenvalue weighted by Gasteiger charge is -2.75. The summed E-state index contributed by atoms with van der Waals surface area (Å²) < 4.78 is 0. The van der Waals surface area contributed by atoms with E-state index in [2.05, 4.69) is 55.4 Å². The van der Waals surface area contributed by atoms with E-state index in [1.54, 1.807) is 0 Å². The van der Waals surface area contributed by atoms with Gasteiger partial charge in [-0.3, -0.25) is 0 Å². The summed E-state index contributed by atoms with van der Waals surface area (Å²) in [5, 5.41) is 21.8. The zero-order valence-corrected chi connectivity index (χ0v) is 22.4. The Balaban J connectivity index is 1.54. The minimum absolute atomic E-state index is 0.0409. The molecule has 5 aliphatic carbocycles. The number of aliphatic hydroxyl groups excluding tert-OH is 2. The Morgan fingerprint density at radius 3 is 1.12 bits per heavy atom. The fourth-order valence-electron chi connectivity index (χ4n) is 12.1. The van der Waals surface area contributed by atoms with Crippen molar-refractivity contribution < 1.29 is 10.2 Å². The number of rotatable bonds is 0. The zero-order chi connectivity index (χ0) is 23.5. The van der Waals surface area contributed by atoms with Crippen molar-refractivity contribution in [1.82, 2.24) is 0 Å². The summed E-state index contributed by atoms with van der Waals surface area (Å²) >= 11 is 0. The van der Waals surface area contributed by atoms with Crippen molar-refractivity contribution in [2.75, 3.05) is 0 Å². The minimum atomic E-state index is -0.137. The molecular formula is C30H52O2. The highest BCUT2D eigenvalue weighted by Gasteiger charge is 2.71. The molecule has 0 aromatic heterocycles. The highest BCUT2D eigenvalue weighted by atomic mass is 16.3. The third-order valence-electron chi connectivity index (χ3n) is 14.1. The molecule has 32 heavy (non-hydrogen) atoms. The first-order chi connectivity index (χ1) is 14.7. The van der Waals surface area contributed by atoms with E-state index in [0.29, 0.717) is 33.5 Å². The molecule has 10 atom stereocenters. The average Bonchev–Trinajstić information content (AvgIpc) is 2.69. The SMILES string of the molecule is CC1(C)[C@H](O)CC[C@]2(C)[C@H]3CC[C@@H]4[C@@]5(C)CC[C@@H](O)C(C)(C)[C@@H]5CC[C@@]4(C)[C@]3(C)CC[C@@H]12. The number of hydrogen-bond acceptors (Lipinski definition) is 2. The van der Waals surface area contributed by atoms with Crippen LogP contribution >= 0.6 is 0 Å². The molecule has 0 saturated heterocycles. The van der Waals surface area contributed by atoms with Gasteiger partial charge in [0.05, 0.1) is 12.2 Å². The smallest absolute Gasteiger partial charge is 0.0594 e. The van der Waals surface area contributed by atoms with Crippen molar-refractivity contribution in [3.05, 3.63) is 0 Å². The lowest BCUT2D eigenvalue weighted by molar-refractivity contribution is -0.270. The summed E-state index contributed by atoms with van der Waals surface area (Å²) in [4.78, 5) is 0. The molecule has 0 aromatic carbocycles. The number of hydrogen-bond donors (Lipinski definition) is 2. The van der Waals surface area contributed by atoms with E-state index < -0.39 is 0 Å². The van der Waals surface area contributed by atoms with Crippen LogP contribution < -0.4 is 0 Å². The highest BCUT2D eigenvalue weighted by molar-refractivity contribution is 5.20. The predicted molar refractivity (Wildman–Crippen MR) is 132 cm³/mol. The molecule has 5 aliphatic rings. The second-order valence-electron chi connectivity index (χ2n) is 15.5. The van der Waals surface area contributed by atoms with Crippen LogP contribution in [0, 0.1) is 56.2 Å². The topological polar surface area (TPSA) is 40.5 Å². The van der Waals surface area contributed by atoms with Crippen LogP contribution in [0.25, 0.3) is 0 Å². The van der Waals surface area contributed by atoms with Gasteiger partial charge >= 0.3 is 0 Å². The van der Waals surface area contributed by atoms with Gasteiger partial charge in [-0.15, -0.1) is 0 Å². The molecule has 5 fully saturated rings. The van der Waals surface area contributed by atoms with Crippen LogP contribution in [0.4, 0.5) is 0 Å². The third-order valence-corrected chi connectivity index (χ3v) is 14.1. The molecule has 2 nitrogen and oxygen atoms in total. The molecular weight excluding hydrogens is 392 g/mol. The van der Waals surface area contributed by atoms with Crippen molar-refractivity contribution in [1.29, 1.82) is 0 Å². The van der Waals surface area contributed by atoms with Gasteiger partial charge in [-0.1, -0.05) is 55.4 Å². The average molecular weight is 445 g/mol. The molecule has 2 heteroatoms. The van der Waals surface area contributed by atoms with Crippen molar-refractivity contribution in [3.63, 3.8) is 0 Å². The van der Waals surface area contributed by atoms with Gasteiger partial charge in [0.2, 0.25) is 0 Å². The Bertz CT molecular complexity index is 707. The van der Waals surface area contributed by atoms with Crippen LogP contribution in [0.15, 0.2) is 0 Å². The first-order valence-corrected chi connectivity index (χ1v) is 14.0. The van der Waals surface area contributed by atoms with Gasteiger partial charge in [-0.2, -0.15) is 0 Å². The molecule has 184 valence electrons. The largest absolute Gasteiger partial charge is 0.393 e. The standard InChI is InChI=1S/C30H52O2/c1-25(2)19-11-17-29(7)21(27(19,5)15-13-23(25)31)9-10-22-28(6)16-14-24(32)26(3,4)20(28)12-18-30(22,29)8/h19-24,31-32H,9-18H2,1-8H3/t19-,20-,21+,22+,23+,24+,27-,28-,29+,30+/m0/s1. The molecule has 2 N–H and O–H groups in total. The van der Waals surface area contributed by atoms with E-state index in [1.807, 2.05) is 0 Å². The minimum Gasteiger partial charge on any atom is -0.393 e. The maximum atomic E-state index is 10.9.